The lowest BCUT2D eigenvalue weighted by Gasteiger charge is -2.33. The van der Waals surface area contributed by atoms with E-state index < -0.39 is 0 Å². The lowest BCUT2D eigenvalue weighted by molar-refractivity contribution is 0.270. The standard InChI is InChI=1S/C17H25N3/c1-4-18-14-7-5-6-8-16(14)20-11-19-15-9-12(2)13(3)10-17(15)20/h9-11,14,16,18H,4-8H2,1-3H3. The molecule has 2 unspecified atom stereocenters. The van der Waals surface area contributed by atoms with Gasteiger partial charge in [0.15, 0.2) is 0 Å². The zero-order valence-electron chi connectivity index (χ0n) is 12.8. The van der Waals surface area contributed by atoms with Gasteiger partial charge in [0, 0.05) is 6.04 Å². The number of nitrogens with one attached hydrogen (secondary N) is 1. The Labute approximate surface area is 121 Å². The molecule has 1 aliphatic carbocycles. The largest absolute Gasteiger partial charge is 0.326 e. The van der Waals surface area contributed by atoms with Crippen molar-refractivity contribution in [3.05, 3.63) is 29.6 Å². The first-order chi connectivity index (χ1) is 9.70. The zero-order valence-corrected chi connectivity index (χ0v) is 12.8. The molecule has 1 N–H and O–H groups in total. The van der Waals surface area contributed by atoms with Gasteiger partial charge in [0.25, 0.3) is 0 Å². The Hall–Kier alpha value is -1.35. The predicted molar refractivity (Wildman–Crippen MR) is 84.2 cm³/mol. The summed E-state index contributed by atoms with van der Waals surface area (Å²) in [5.41, 5.74) is 5.11. The molecule has 2 aromatic rings. The molecule has 108 valence electrons. The van der Waals surface area contributed by atoms with Crippen LogP contribution in [0.2, 0.25) is 0 Å². The van der Waals surface area contributed by atoms with Crippen molar-refractivity contribution in [3.63, 3.8) is 0 Å². The molecule has 1 aliphatic rings. The van der Waals surface area contributed by atoms with Gasteiger partial charge in [0.05, 0.1) is 23.4 Å². The summed E-state index contributed by atoms with van der Waals surface area (Å²) in [7, 11) is 0. The van der Waals surface area contributed by atoms with Crippen LogP contribution >= 0.6 is 0 Å². The van der Waals surface area contributed by atoms with E-state index in [-0.39, 0.29) is 0 Å². The van der Waals surface area contributed by atoms with E-state index >= 15 is 0 Å². The minimum atomic E-state index is 0.552. The van der Waals surface area contributed by atoms with Crippen LogP contribution in [0.4, 0.5) is 0 Å². The third-order valence-corrected chi connectivity index (χ3v) is 4.74. The molecule has 0 radical (unpaired) electrons. The Morgan fingerprint density at radius 2 is 1.95 bits per heavy atom. The highest BCUT2D eigenvalue weighted by molar-refractivity contribution is 5.77. The van der Waals surface area contributed by atoms with Gasteiger partial charge >= 0.3 is 0 Å². The smallest absolute Gasteiger partial charge is 0.0961 e. The van der Waals surface area contributed by atoms with Gasteiger partial charge < -0.3 is 9.88 Å². The molecule has 1 heterocycles. The molecule has 0 aliphatic heterocycles. The van der Waals surface area contributed by atoms with Crippen LogP contribution in [0.15, 0.2) is 18.5 Å². The molecule has 3 heteroatoms. The highest BCUT2D eigenvalue weighted by Crippen LogP contribution is 2.32. The van der Waals surface area contributed by atoms with Gasteiger partial charge in [-0.15, -0.1) is 0 Å². The second-order valence-corrected chi connectivity index (χ2v) is 6.09. The van der Waals surface area contributed by atoms with E-state index in [1.807, 2.05) is 6.33 Å². The van der Waals surface area contributed by atoms with E-state index in [2.05, 4.69) is 47.8 Å². The van der Waals surface area contributed by atoms with Crippen molar-refractivity contribution in [2.75, 3.05) is 6.54 Å². The van der Waals surface area contributed by atoms with Gasteiger partial charge in [0.2, 0.25) is 0 Å². The highest BCUT2D eigenvalue weighted by Gasteiger charge is 2.26. The van der Waals surface area contributed by atoms with Gasteiger partial charge in [-0.2, -0.15) is 0 Å². The van der Waals surface area contributed by atoms with Crippen molar-refractivity contribution in [2.24, 2.45) is 0 Å². The number of hydrogen-bond donors (Lipinski definition) is 1. The Balaban J connectivity index is 2.01. The van der Waals surface area contributed by atoms with Crippen molar-refractivity contribution in [3.8, 4) is 0 Å². The summed E-state index contributed by atoms with van der Waals surface area (Å²) in [5, 5.41) is 3.66. The third kappa shape index (κ3) is 2.35. The van der Waals surface area contributed by atoms with Crippen LogP contribution in [-0.2, 0) is 0 Å². The summed E-state index contributed by atoms with van der Waals surface area (Å²) in [4.78, 5) is 4.63. The maximum absolute atomic E-state index is 4.63. The number of benzene rings is 1. The molecular formula is C17H25N3. The minimum absolute atomic E-state index is 0.552. The van der Waals surface area contributed by atoms with Crippen molar-refractivity contribution in [1.82, 2.24) is 14.9 Å². The first-order valence-electron chi connectivity index (χ1n) is 7.88. The summed E-state index contributed by atoms with van der Waals surface area (Å²) in [6.45, 7) is 7.60. The highest BCUT2D eigenvalue weighted by atomic mass is 15.1. The number of aryl methyl sites for hydroxylation is 2. The topological polar surface area (TPSA) is 29.9 Å². The Morgan fingerprint density at radius 3 is 2.75 bits per heavy atom. The SMILES string of the molecule is CCNC1CCCCC1n1cnc2cc(C)c(C)cc21. The fourth-order valence-electron chi connectivity index (χ4n) is 3.49. The van der Waals surface area contributed by atoms with Crippen LogP contribution in [0.3, 0.4) is 0 Å². The molecule has 1 saturated carbocycles. The number of fused-ring (bicyclic) bond motifs is 1. The van der Waals surface area contributed by atoms with Crippen LogP contribution < -0.4 is 5.32 Å². The van der Waals surface area contributed by atoms with E-state index in [0.29, 0.717) is 12.1 Å². The van der Waals surface area contributed by atoms with Crippen molar-refractivity contribution in [2.45, 2.75) is 58.5 Å². The molecule has 3 rings (SSSR count). The normalized spacial score (nSPS) is 23.4. The summed E-state index contributed by atoms with van der Waals surface area (Å²) >= 11 is 0. The van der Waals surface area contributed by atoms with Crippen LogP contribution in [0, 0.1) is 13.8 Å². The van der Waals surface area contributed by atoms with E-state index in [9.17, 15) is 0 Å². The van der Waals surface area contributed by atoms with Gasteiger partial charge in [-0.25, -0.2) is 4.98 Å². The Kier molecular flexibility index (Phi) is 3.79. The summed E-state index contributed by atoms with van der Waals surface area (Å²) < 4.78 is 2.41. The first-order valence-corrected chi connectivity index (χ1v) is 7.88. The average Bonchev–Trinajstić information content (AvgIpc) is 2.83. The first kappa shape index (κ1) is 13.6. The van der Waals surface area contributed by atoms with Crippen LogP contribution in [0.1, 0.15) is 49.8 Å². The van der Waals surface area contributed by atoms with Crippen LogP contribution in [0.5, 0.6) is 0 Å². The monoisotopic (exact) mass is 271 g/mol. The number of hydrogen-bond acceptors (Lipinski definition) is 2. The number of nitrogens with zero attached hydrogens (tertiary/aromatic N) is 2. The Bertz CT molecular complexity index is 598. The lowest BCUT2D eigenvalue weighted by Crippen LogP contribution is -2.39. The fourth-order valence-corrected chi connectivity index (χ4v) is 3.49. The number of likely N-dealkylation sites (N-methyl/N-ethyl adjacent to an activating group) is 1. The molecule has 3 nitrogen and oxygen atoms in total. The fraction of sp³-hybridized carbons (Fsp3) is 0.588. The van der Waals surface area contributed by atoms with Crippen molar-refractivity contribution >= 4 is 11.0 Å². The van der Waals surface area contributed by atoms with Gasteiger partial charge in [-0.1, -0.05) is 19.8 Å². The molecule has 0 bridgehead atoms. The molecule has 1 aromatic heterocycles. The van der Waals surface area contributed by atoms with Crippen molar-refractivity contribution in [1.29, 1.82) is 0 Å². The molecule has 1 fully saturated rings. The second-order valence-electron chi connectivity index (χ2n) is 6.09. The number of rotatable bonds is 3. The van der Waals surface area contributed by atoms with Crippen molar-refractivity contribution < 1.29 is 0 Å². The van der Waals surface area contributed by atoms with E-state index in [4.69, 9.17) is 0 Å². The summed E-state index contributed by atoms with van der Waals surface area (Å²) in [6, 6.07) is 5.66. The Morgan fingerprint density at radius 1 is 1.20 bits per heavy atom. The van der Waals surface area contributed by atoms with Gasteiger partial charge in [0.1, 0.15) is 0 Å². The van der Waals surface area contributed by atoms with Crippen LogP contribution in [0.25, 0.3) is 11.0 Å². The molecule has 0 spiro atoms. The second kappa shape index (κ2) is 5.57. The molecular weight excluding hydrogens is 246 g/mol. The third-order valence-electron chi connectivity index (χ3n) is 4.74. The summed E-state index contributed by atoms with van der Waals surface area (Å²) in [6.07, 6.45) is 7.26. The minimum Gasteiger partial charge on any atom is -0.326 e. The van der Waals surface area contributed by atoms with E-state index in [1.165, 1.54) is 42.3 Å². The maximum Gasteiger partial charge on any atom is 0.0961 e. The zero-order chi connectivity index (χ0) is 14.1. The summed E-state index contributed by atoms with van der Waals surface area (Å²) in [5.74, 6) is 0. The molecule has 0 saturated heterocycles. The lowest BCUT2D eigenvalue weighted by atomic mass is 9.90. The number of imidazole rings is 1. The quantitative estimate of drug-likeness (QED) is 0.921. The molecule has 1 aromatic carbocycles. The van der Waals surface area contributed by atoms with E-state index in [1.54, 1.807) is 0 Å². The van der Waals surface area contributed by atoms with Crippen LogP contribution in [-0.4, -0.2) is 22.1 Å². The van der Waals surface area contributed by atoms with E-state index in [0.717, 1.165) is 12.1 Å². The molecule has 20 heavy (non-hydrogen) atoms. The van der Waals surface area contributed by atoms with Gasteiger partial charge in [-0.3, -0.25) is 0 Å². The molecule has 0 amide bonds. The average molecular weight is 271 g/mol. The number of aromatic nitrogens is 2. The predicted octanol–water partition coefficient (Wildman–Crippen LogP) is 3.75. The maximum atomic E-state index is 4.63. The van der Waals surface area contributed by atoms with Gasteiger partial charge in [-0.05, 0) is 56.5 Å². The molecule has 2 atom stereocenters.